The zero-order chi connectivity index (χ0) is 14.2. The van der Waals surface area contributed by atoms with Gasteiger partial charge < -0.3 is 0 Å². The number of carbonyl (C=O) groups is 1. The van der Waals surface area contributed by atoms with Crippen molar-refractivity contribution in [3.63, 3.8) is 0 Å². The van der Waals surface area contributed by atoms with Crippen LogP contribution in [-0.2, 0) is 6.54 Å². The summed E-state index contributed by atoms with van der Waals surface area (Å²) in [5, 5.41) is 4.32. The van der Waals surface area contributed by atoms with E-state index in [9.17, 15) is 18.0 Å². The molecule has 0 atom stereocenters. The third-order valence-electron chi connectivity index (χ3n) is 2.78. The van der Waals surface area contributed by atoms with E-state index >= 15 is 0 Å². The van der Waals surface area contributed by atoms with Gasteiger partial charge in [0.2, 0.25) is 0 Å². The second-order valence-corrected chi connectivity index (χ2v) is 4.60. The summed E-state index contributed by atoms with van der Waals surface area (Å²) in [6.07, 6.45) is -2.62. The van der Waals surface area contributed by atoms with Gasteiger partial charge >= 0.3 is 0 Å². The van der Waals surface area contributed by atoms with Crippen LogP contribution in [0.5, 0.6) is 0 Å². The molecule has 19 heavy (non-hydrogen) atoms. The van der Waals surface area contributed by atoms with Crippen molar-refractivity contribution in [1.82, 2.24) is 9.78 Å². The molecular weight excluding hydrogens is 257 g/mol. The van der Waals surface area contributed by atoms with E-state index in [4.69, 9.17) is 0 Å². The molecule has 2 rings (SSSR count). The number of hydrogen-bond acceptors (Lipinski definition) is 2. The number of benzene rings is 1. The number of fused-ring (bicyclic) bond motifs is 1. The van der Waals surface area contributed by atoms with Crippen LogP contribution in [0.4, 0.5) is 13.2 Å². The van der Waals surface area contributed by atoms with E-state index in [1.54, 1.807) is 13.8 Å². The van der Waals surface area contributed by atoms with Gasteiger partial charge in [0.05, 0.1) is 5.52 Å². The van der Waals surface area contributed by atoms with E-state index in [0.717, 1.165) is 10.7 Å². The number of ketones is 1. The van der Waals surface area contributed by atoms with E-state index < -0.39 is 18.8 Å². The molecular formula is C13H13F3N2O. The second-order valence-electron chi connectivity index (χ2n) is 4.60. The summed E-state index contributed by atoms with van der Waals surface area (Å²) in [5.74, 6) is -1.10. The first-order valence-corrected chi connectivity index (χ1v) is 5.88. The molecule has 0 aliphatic heterocycles. The maximum Gasteiger partial charge on any atom is 0.257 e. The molecule has 0 amide bonds. The molecule has 0 N–H and O–H groups in total. The fourth-order valence-electron chi connectivity index (χ4n) is 1.87. The van der Waals surface area contributed by atoms with E-state index in [1.807, 2.05) is 0 Å². The second kappa shape index (κ2) is 5.03. The molecule has 6 heteroatoms. The van der Waals surface area contributed by atoms with Gasteiger partial charge in [-0.25, -0.2) is 13.2 Å². The SMILES string of the molecule is CC(C)C(=O)c1nn(CC(F)F)c2cc(F)ccc12. The molecule has 0 unspecified atom stereocenters. The van der Waals surface area contributed by atoms with Gasteiger partial charge in [-0.3, -0.25) is 9.48 Å². The molecule has 3 nitrogen and oxygen atoms in total. The number of halogens is 3. The lowest BCUT2D eigenvalue weighted by molar-refractivity contribution is 0.0930. The third-order valence-corrected chi connectivity index (χ3v) is 2.78. The predicted octanol–water partition coefficient (Wildman–Crippen LogP) is 3.28. The van der Waals surface area contributed by atoms with E-state index in [-0.39, 0.29) is 22.9 Å². The molecule has 1 aromatic heterocycles. The van der Waals surface area contributed by atoms with Gasteiger partial charge in [-0.15, -0.1) is 0 Å². The Hall–Kier alpha value is -1.85. The molecule has 102 valence electrons. The molecule has 0 spiro atoms. The van der Waals surface area contributed by atoms with Crippen LogP contribution in [-0.4, -0.2) is 22.0 Å². The summed E-state index contributed by atoms with van der Waals surface area (Å²) in [6, 6.07) is 3.70. The van der Waals surface area contributed by atoms with E-state index in [0.29, 0.717) is 5.39 Å². The van der Waals surface area contributed by atoms with Crippen LogP contribution in [0.1, 0.15) is 24.3 Å². The number of nitrogens with zero attached hydrogens (tertiary/aromatic N) is 2. The Balaban J connectivity index is 2.62. The Labute approximate surface area is 108 Å². The molecule has 0 fully saturated rings. The lowest BCUT2D eigenvalue weighted by atomic mass is 10.0. The molecule has 0 aliphatic carbocycles. The van der Waals surface area contributed by atoms with Gasteiger partial charge in [-0.2, -0.15) is 5.10 Å². The Morgan fingerprint density at radius 2 is 2.05 bits per heavy atom. The molecule has 0 aliphatic rings. The Morgan fingerprint density at radius 3 is 2.63 bits per heavy atom. The quantitative estimate of drug-likeness (QED) is 0.799. The van der Waals surface area contributed by atoms with Crippen LogP contribution < -0.4 is 0 Å². The van der Waals surface area contributed by atoms with Crippen LogP contribution in [0.15, 0.2) is 18.2 Å². The molecule has 0 bridgehead atoms. The number of rotatable bonds is 4. The monoisotopic (exact) mass is 270 g/mol. The standard InChI is InChI=1S/C13H13F3N2O/c1-7(2)13(19)12-9-4-3-8(14)5-10(9)18(17-12)6-11(15)16/h3-5,7,11H,6H2,1-2H3. The predicted molar refractivity (Wildman–Crippen MR) is 64.9 cm³/mol. The maximum absolute atomic E-state index is 13.2. The van der Waals surface area contributed by atoms with Crippen molar-refractivity contribution in [2.75, 3.05) is 0 Å². The first kappa shape index (κ1) is 13.6. The summed E-state index contributed by atoms with van der Waals surface area (Å²) >= 11 is 0. The van der Waals surface area contributed by atoms with Crippen LogP contribution in [0.2, 0.25) is 0 Å². The average molecular weight is 270 g/mol. The topological polar surface area (TPSA) is 34.9 Å². The van der Waals surface area contributed by atoms with E-state index in [1.165, 1.54) is 12.1 Å². The van der Waals surface area contributed by atoms with Crippen LogP contribution in [0.3, 0.4) is 0 Å². The Morgan fingerprint density at radius 1 is 1.37 bits per heavy atom. The first-order valence-electron chi connectivity index (χ1n) is 5.88. The Bertz CT molecular complexity index is 620. The van der Waals surface area contributed by atoms with Crippen LogP contribution >= 0.6 is 0 Å². The van der Waals surface area contributed by atoms with Crippen molar-refractivity contribution in [2.24, 2.45) is 5.92 Å². The van der Waals surface area contributed by atoms with Gasteiger partial charge in [0.25, 0.3) is 6.43 Å². The maximum atomic E-state index is 13.2. The molecule has 0 radical (unpaired) electrons. The lowest BCUT2D eigenvalue weighted by Crippen LogP contribution is -2.12. The van der Waals surface area contributed by atoms with Gasteiger partial charge in [0.15, 0.2) is 5.78 Å². The minimum Gasteiger partial charge on any atom is -0.292 e. The molecule has 2 aromatic rings. The van der Waals surface area contributed by atoms with Crippen molar-refractivity contribution in [2.45, 2.75) is 26.8 Å². The minimum absolute atomic E-state index is 0.116. The van der Waals surface area contributed by atoms with Crippen molar-refractivity contribution in [3.05, 3.63) is 29.7 Å². The summed E-state index contributed by atoms with van der Waals surface area (Å²) in [5.41, 5.74) is 0.329. The zero-order valence-electron chi connectivity index (χ0n) is 10.5. The summed E-state index contributed by atoms with van der Waals surface area (Å²) < 4.78 is 39.2. The van der Waals surface area contributed by atoms with Gasteiger partial charge in [-0.1, -0.05) is 13.8 Å². The van der Waals surface area contributed by atoms with Crippen LogP contribution in [0.25, 0.3) is 10.9 Å². The largest absolute Gasteiger partial charge is 0.292 e. The third kappa shape index (κ3) is 2.62. The highest BCUT2D eigenvalue weighted by Gasteiger charge is 2.21. The average Bonchev–Trinajstić information content (AvgIpc) is 2.65. The highest BCUT2D eigenvalue weighted by molar-refractivity contribution is 6.06. The summed E-state index contributed by atoms with van der Waals surface area (Å²) in [4.78, 5) is 12.0. The minimum atomic E-state index is -2.62. The fraction of sp³-hybridized carbons (Fsp3) is 0.385. The smallest absolute Gasteiger partial charge is 0.257 e. The molecule has 0 saturated heterocycles. The van der Waals surface area contributed by atoms with Crippen molar-refractivity contribution < 1.29 is 18.0 Å². The summed E-state index contributed by atoms with van der Waals surface area (Å²) in [6.45, 7) is 2.74. The van der Waals surface area contributed by atoms with Crippen molar-refractivity contribution in [3.8, 4) is 0 Å². The van der Waals surface area contributed by atoms with Crippen molar-refractivity contribution in [1.29, 1.82) is 0 Å². The number of alkyl halides is 2. The highest BCUT2D eigenvalue weighted by Crippen LogP contribution is 2.23. The van der Waals surface area contributed by atoms with Crippen molar-refractivity contribution >= 4 is 16.7 Å². The number of carbonyl (C=O) groups excluding carboxylic acids is 1. The number of aromatic nitrogens is 2. The van der Waals surface area contributed by atoms with Gasteiger partial charge in [0.1, 0.15) is 18.1 Å². The zero-order valence-corrected chi connectivity index (χ0v) is 10.5. The van der Waals surface area contributed by atoms with Gasteiger partial charge in [-0.05, 0) is 18.2 Å². The summed E-state index contributed by atoms with van der Waals surface area (Å²) in [7, 11) is 0. The number of hydrogen-bond donors (Lipinski definition) is 0. The highest BCUT2D eigenvalue weighted by atomic mass is 19.3. The number of Topliss-reactive ketones (excluding diaryl/α,β-unsaturated/α-hetero) is 1. The lowest BCUT2D eigenvalue weighted by Gasteiger charge is -2.01. The molecule has 0 saturated carbocycles. The Kier molecular flexibility index (Phi) is 3.59. The normalized spacial score (nSPS) is 11.7. The van der Waals surface area contributed by atoms with Crippen LogP contribution in [0, 0.1) is 11.7 Å². The molecule has 1 aromatic carbocycles. The fourth-order valence-corrected chi connectivity index (χ4v) is 1.87. The first-order chi connectivity index (χ1) is 8.90. The van der Waals surface area contributed by atoms with E-state index in [2.05, 4.69) is 5.10 Å². The molecule has 1 heterocycles. The van der Waals surface area contributed by atoms with Gasteiger partial charge in [0, 0.05) is 11.3 Å².